The first kappa shape index (κ1) is 21.1. The normalized spacial score (nSPS) is 20.5. The Labute approximate surface area is 172 Å². The van der Waals surface area contributed by atoms with E-state index in [1.165, 1.54) is 31.1 Å². The van der Waals surface area contributed by atoms with Crippen molar-refractivity contribution in [3.8, 4) is 0 Å². The van der Waals surface area contributed by atoms with Crippen LogP contribution in [0, 0.1) is 0 Å². The van der Waals surface area contributed by atoms with Crippen LogP contribution < -0.4 is 11.1 Å². The summed E-state index contributed by atoms with van der Waals surface area (Å²) >= 11 is 0. The maximum absolute atomic E-state index is 13.0. The van der Waals surface area contributed by atoms with E-state index in [0.717, 1.165) is 0 Å². The molecule has 2 aliphatic rings. The zero-order valence-electron chi connectivity index (χ0n) is 15.9. The molecule has 0 unspecified atom stereocenters. The van der Waals surface area contributed by atoms with Crippen molar-refractivity contribution in [1.82, 2.24) is 22.9 Å². The molecule has 2 aromatic rings. The number of aromatic amines is 2. The molecule has 2 fully saturated rings. The average Bonchev–Trinajstić information content (AvgIpc) is 2.75. The SMILES string of the molecule is O=c1[nH]c2ccc(S(=O)(=O)N3CCN(S(=O)(=O)N4CCOCC4)CC3)cc2[nH]c1=O. The maximum atomic E-state index is 13.0. The van der Waals surface area contributed by atoms with Crippen molar-refractivity contribution in [2.24, 2.45) is 0 Å². The molecule has 30 heavy (non-hydrogen) atoms. The van der Waals surface area contributed by atoms with Crippen molar-refractivity contribution in [2.75, 3.05) is 52.5 Å². The van der Waals surface area contributed by atoms with E-state index < -0.39 is 31.4 Å². The molecular formula is C16H21N5O7S2. The summed E-state index contributed by atoms with van der Waals surface area (Å²) in [7, 11) is -7.57. The molecule has 0 bridgehead atoms. The summed E-state index contributed by atoms with van der Waals surface area (Å²) in [5.41, 5.74) is -1.20. The fraction of sp³-hybridized carbons (Fsp3) is 0.500. The van der Waals surface area contributed by atoms with Gasteiger partial charge in [0.1, 0.15) is 0 Å². The van der Waals surface area contributed by atoms with Gasteiger partial charge in [-0.15, -0.1) is 0 Å². The number of aromatic nitrogens is 2. The summed E-state index contributed by atoms with van der Waals surface area (Å²) in [4.78, 5) is 27.6. The molecule has 2 aliphatic heterocycles. The predicted octanol–water partition coefficient (Wildman–Crippen LogP) is -1.90. The van der Waals surface area contributed by atoms with E-state index in [0.29, 0.717) is 18.7 Å². The second-order valence-electron chi connectivity index (χ2n) is 6.94. The summed E-state index contributed by atoms with van der Waals surface area (Å²) in [6.07, 6.45) is 0. The average molecular weight is 460 g/mol. The third-order valence-corrected chi connectivity index (χ3v) is 9.08. The lowest BCUT2D eigenvalue weighted by Crippen LogP contribution is -2.55. The number of benzene rings is 1. The molecule has 0 spiro atoms. The van der Waals surface area contributed by atoms with Gasteiger partial charge in [0.2, 0.25) is 10.0 Å². The van der Waals surface area contributed by atoms with Crippen LogP contribution in [0.1, 0.15) is 0 Å². The zero-order valence-corrected chi connectivity index (χ0v) is 17.5. The lowest BCUT2D eigenvalue weighted by molar-refractivity contribution is 0.0694. The van der Waals surface area contributed by atoms with Crippen molar-refractivity contribution in [3.63, 3.8) is 0 Å². The standard InChI is InChI=1S/C16H21N5O7S2/c22-15-16(23)18-14-11-12(1-2-13(14)17-15)29(24,25)19-3-5-20(6-4-19)30(26,27)21-7-9-28-10-8-21/h1-2,11H,3-10H2,(H,17,22)(H,18,23). The van der Waals surface area contributed by atoms with Gasteiger partial charge in [-0.05, 0) is 18.2 Å². The molecule has 0 saturated carbocycles. The first-order chi connectivity index (χ1) is 14.2. The Morgan fingerprint density at radius 3 is 1.90 bits per heavy atom. The van der Waals surface area contributed by atoms with Crippen molar-refractivity contribution in [1.29, 1.82) is 0 Å². The Morgan fingerprint density at radius 1 is 0.733 bits per heavy atom. The number of ether oxygens (including phenoxy) is 1. The molecule has 14 heteroatoms. The summed E-state index contributed by atoms with van der Waals surface area (Å²) in [6.45, 7) is 1.31. The van der Waals surface area contributed by atoms with Crippen LogP contribution in [0.5, 0.6) is 0 Å². The molecule has 0 atom stereocenters. The number of H-pyrrole nitrogens is 2. The number of hydrogen-bond donors (Lipinski definition) is 2. The summed E-state index contributed by atoms with van der Waals surface area (Å²) < 4.78 is 60.5. The summed E-state index contributed by atoms with van der Waals surface area (Å²) in [6, 6.07) is 4.01. The number of nitrogens with one attached hydrogen (secondary N) is 2. The molecule has 1 aromatic heterocycles. The van der Waals surface area contributed by atoms with Gasteiger partial charge in [0.15, 0.2) is 0 Å². The van der Waals surface area contributed by atoms with Crippen molar-refractivity contribution < 1.29 is 21.6 Å². The fourth-order valence-electron chi connectivity index (χ4n) is 3.48. The van der Waals surface area contributed by atoms with E-state index in [1.807, 2.05) is 0 Å². The van der Waals surface area contributed by atoms with Crippen LogP contribution in [0.25, 0.3) is 11.0 Å². The van der Waals surface area contributed by atoms with Crippen LogP contribution in [-0.4, -0.2) is 92.2 Å². The van der Waals surface area contributed by atoms with E-state index in [1.54, 1.807) is 0 Å². The molecule has 0 amide bonds. The second-order valence-corrected chi connectivity index (χ2v) is 10.8. The van der Waals surface area contributed by atoms with Gasteiger partial charge in [0.25, 0.3) is 10.2 Å². The van der Waals surface area contributed by atoms with Gasteiger partial charge in [-0.25, -0.2) is 8.42 Å². The number of nitrogens with zero attached hydrogens (tertiary/aromatic N) is 3. The van der Waals surface area contributed by atoms with Crippen molar-refractivity contribution in [2.45, 2.75) is 4.90 Å². The topological polar surface area (TPSA) is 153 Å². The lowest BCUT2D eigenvalue weighted by atomic mass is 10.3. The molecule has 0 radical (unpaired) electrons. The van der Waals surface area contributed by atoms with Gasteiger partial charge in [-0.1, -0.05) is 0 Å². The number of morpholine rings is 1. The van der Waals surface area contributed by atoms with E-state index >= 15 is 0 Å². The van der Waals surface area contributed by atoms with Crippen LogP contribution in [0.3, 0.4) is 0 Å². The van der Waals surface area contributed by atoms with E-state index in [9.17, 15) is 26.4 Å². The van der Waals surface area contributed by atoms with Crippen LogP contribution >= 0.6 is 0 Å². The Hall–Kier alpha value is -2.10. The first-order valence-electron chi connectivity index (χ1n) is 9.29. The van der Waals surface area contributed by atoms with Crippen molar-refractivity contribution >= 4 is 31.3 Å². The Balaban J connectivity index is 1.52. The third kappa shape index (κ3) is 3.81. The number of fused-ring (bicyclic) bond motifs is 1. The Morgan fingerprint density at radius 2 is 1.27 bits per heavy atom. The van der Waals surface area contributed by atoms with Gasteiger partial charge < -0.3 is 14.7 Å². The van der Waals surface area contributed by atoms with E-state index in [2.05, 4.69) is 9.97 Å². The van der Waals surface area contributed by atoms with Crippen LogP contribution in [-0.2, 0) is 25.0 Å². The highest BCUT2D eigenvalue weighted by Crippen LogP contribution is 2.22. The quantitative estimate of drug-likeness (QED) is 0.506. The molecule has 3 heterocycles. The lowest BCUT2D eigenvalue weighted by Gasteiger charge is -2.37. The smallest absolute Gasteiger partial charge is 0.314 e. The van der Waals surface area contributed by atoms with E-state index in [4.69, 9.17) is 4.74 Å². The molecule has 2 N–H and O–H groups in total. The summed E-state index contributed by atoms with van der Waals surface area (Å²) in [5, 5.41) is 0. The molecule has 4 rings (SSSR count). The second kappa shape index (κ2) is 7.86. The van der Waals surface area contributed by atoms with Crippen LogP contribution in [0.4, 0.5) is 0 Å². The number of piperazine rings is 1. The molecule has 2 saturated heterocycles. The van der Waals surface area contributed by atoms with Gasteiger partial charge in [0.05, 0.1) is 29.1 Å². The minimum atomic E-state index is -3.91. The molecule has 164 valence electrons. The van der Waals surface area contributed by atoms with Gasteiger partial charge in [0, 0.05) is 39.3 Å². The Kier molecular flexibility index (Phi) is 5.54. The third-order valence-electron chi connectivity index (χ3n) is 5.15. The van der Waals surface area contributed by atoms with E-state index in [-0.39, 0.29) is 49.7 Å². The minimum Gasteiger partial charge on any atom is -0.379 e. The fourth-order valence-corrected chi connectivity index (χ4v) is 6.50. The number of sulfonamides is 1. The Bertz CT molecular complexity index is 1270. The van der Waals surface area contributed by atoms with Crippen molar-refractivity contribution in [3.05, 3.63) is 38.9 Å². The summed E-state index contributed by atoms with van der Waals surface area (Å²) in [5.74, 6) is 0. The van der Waals surface area contributed by atoms with Gasteiger partial charge >= 0.3 is 11.1 Å². The predicted molar refractivity (Wildman–Crippen MR) is 107 cm³/mol. The largest absolute Gasteiger partial charge is 0.379 e. The van der Waals surface area contributed by atoms with Crippen LogP contribution in [0.2, 0.25) is 0 Å². The number of hydrogen-bond acceptors (Lipinski definition) is 7. The van der Waals surface area contributed by atoms with Gasteiger partial charge in [-0.2, -0.15) is 21.3 Å². The molecule has 0 aliphatic carbocycles. The molecule has 1 aromatic carbocycles. The monoisotopic (exact) mass is 459 g/mol. The number of rotatable bonds is 4. The first-order valence-corrected chi connectivity index (χ1v) is 12.1. The molecular weight excluding hydrogens is 438 g/mol. The maximum Gasteiger partial charge on any atom is 0.314 e. The highest BCUT2D eigenvalue weighted by Gasteiger charge is 2.36. The highest BCUT2D eigenvalue weighted by atomic mass is 32.2. The zero-order chi connectivity index (χ0) is 21.5. The minimum absolute atomic E-state index is 0.00603. The molecule has 12 nitrogen and oxygen atoms in total. The highest BCUT2D eigenvalue weighted by molar-refractivity contribution is 7.89. The van der Waals surface area contributed by atoms with Gasteiger partial charge in [-0.3, -0.25) is 9.59 Å². The van der Waals surface area contributed by atoms with Crippen LogP contribution in [0.15, 0.2) is 32.7 Å².